The van der Waals surface area contributed by atoms with Gasteiger partial charge in [0.1, 0.15) is 18.1 Å². The van der Waals surface area contributed by atoms with Crippen LogP contribution in [0.1, 0.15) is 18.4 Å². The number of fused-ring (bicyclic) bond motifs is 1. The van der Waals surface area contributed by atoms with Crippen molar-refractivity contribution in [3.8, 4) is 11.5 Å². The average Bonchev–Trinajstić information content (AvgIpc) is 2.82. The van der Waals surface area contributed by atoms with Crippen LogP contribution in [0, 0.1) is 0 Å². The number of nitrogens with one attached hydrogen (secondary N) is 1. The number of hydrogen-bond acceptors (Lipinski definition) is 6. The number of carbonyl (C=O) groups excluding carboxylic acids is 1. The molecule has 0 aliphatic carbocycles. The van der Waals surface area contributed by atoms with Crippen LogP contribution in [-0.2, 0) is 16.0 Å². The van der Waals surface area contributed by atoms with Gasteiger partial charge in [0.25, 0.3) is 5.91 Å². The number of phenols is 2. The lowest BCUT2D eigenvalue weighted by Gasteiger charge is -2.27. The molecule has 0 saturated carbocycles. The third-order valence-corrected chi connectivity index (χ3v) is 5.76. The lowest BCUT2D eigenvalue weighted by Crippen LogP contribution is -2.41. The Balaban J connectivity index is 1.26. The van der Waals surface area contributed by atoms with Gasteiger partial charge in [0, 0.05) is 35.2 Å². The summed E-state index contributed by atoms with van der Waals surface area (Å²) in [6, 6.07) is 16.3. The number of morpholine rings is 1. The molecule has 7 nitrogen and oxygen atoms in total. The van der Waals surface area contributed by atoms with Gasteiger partial charge in [0.2, 0.25) is 0 Å². The summed E-state index contributed by atoms with van der Waals surface area (Å²) in [4.78, 5) is 13.6. The Labute approximate surface area is 186 Å². The molecule has 1 fully saturated rings. The smallest absolute Gasteiger partial charge is 0.253 e. The van der Waals surface area contributed by atoms with E-state index in [0.29, 0.717) is 55.3 Å². The van der Waals surface area contributed by atoms with Gasteiger partial charge in [0.15, 0.2) is 0 Å². The van der Waals surface area contributed by atoms with Crippen LogP contribution in [0.2, 0.25) is 0 Å². The number of amides is 1. The van der Waals surface area contributed by atoms with Gasteiger partial charge in [-0.25, -0.2) is 0 Å². The van der Waals surface area contributed by atoms with Crippen molar-refractivity contribution in [2.75, 3.05) is 36.5 Å². The summed E-state index contributed by atoms with van der Waals surface area (Å²) in [6.45, 7) is 1.59. The normalized spacial score (nSPS) is 15.2. The van der Waals surface area contributed by atoms with Gasteiger partial charge < -0.3 is 30.3 Å². The summed E-state index contributed by atoms with van der Waals surface area (Å²) in [5, 5.41) is 35.5. The Bertz CT molecular complexity index is 1080. The zero-order valence-electron chi connectivity index (χ0n) is 17.8. The van der Waals surface area contributed by atoms with Crippen molar-refractivity contribution < 1.29 is 24.9 Å². The molecule has 0 aromatic heterocycles. The number of rotatable bonds is 8. The highest BCUT2D eigenvalue weighted by Crippen LogP contribution is 2.36. The number of hydrogen-bond donors (Lipinski definition) is 4. The molecule has 1 aliphatic rings. The molecule has 1 atom stereocenters. The van der Waals surface area contributed by atoms with E-state index in [9.17, 15) is 20.1 Å². The van der Waals surface area contributed by atoms with Crippen LogP contribution >= 0.6 is 0 Å². The zero-order valence-corrected chi connectivity index (χ0v) is 17.8. The number of anilines is 2. The Hall–Kier alpha value is -3.29. The van der Waals surface area contributed by atoms with Crippen LogP contribution in [0.25, 0.3) is 10.8 Å². The number of aliphatic hydroxyl groups excluding tert-OH is 1. The number of phenolic OH excluding ortho intramolecular Hbond substituents is 2. The maximum atomic E-state index is 11.9. The van der Waals surface area contributed by atoms with Gasteiger partial charge in [-0.05, 0) is 55.2 Å². The molecule has 0 spiro atoms. The molecule has 3 aromatic rings. The van der Waals surface area contributed by atoms with E-state index in [2.05, 4.69) is 5.32 Å². The van der Waals surface area contributed by atoms with E-state index in [1.807, 2.05) is 36.4 Å². The third kappa shape index (κ3) is 4.95. The lowest BCUT2D eigenvalue weighted by atomic mass is 9.99. The topological polar surface area (TPSA) is 102 Å². The van der Waals surface area contributed by atoms with Crippen LogP contribution in [0.4, 0.5) is 11.4 Å². The fraction of sp³-hybridized carbons (Fsp3) is 0.320. The molecule has 1 aliphatic heterocycles. The minimum Gasteiger partial charge on any atom is -0.507 e. The van der Waals surface area contributed by atoms with Crippen molar-refractivity contribution >= 4 is 28.1 Å². The van der Waals surface area contributed by atoms with Gasteiger partial charge in [0.05, 0.1) is 12.7 Å². The van der Waals surface area contributed by atoms with Gasteiger partial charge >= 0.3 is 0 Å². The molecule has 168 valence electrons. The number of nitrogens with zero attached hydrogens (tertiary/aromatic N) is 1. The highest BCUT2D eigenvalue weighted by molar-refractivity contribution is 5.95. The van der Waals surface area contributed by atoms with Crippen molar-refractivity contribution in [2.24, 2.45) is 0 Å². The largest absolute Gasteiger partial charge is 0.507 e. The number of ether oxygens (including phenoxy) is 1. The van der Waals surface area contributed by atoms with Crippen LogP contribution in [-0.4, -0.2) is 53.6 Å². The van der Waals surface area contributed by atoms with E-state index >= 15 is 0 Å². The predicted octanol–water partition coefficient (Wildman–Crippen LogP) is 3.41. The second kappa shape index (κ2) is 9.89. The summed E-state index contributed by atoms with van der Waals surface area (Å²) in [6.07, 6.45) is 1.24. The van der Waals surface area contributed by atoms with E-state index in [1.165, 1.54) is 0 Å². The molecule has 0 radical (unpaired) electrons. The predicted molar refractivity (Wildman–Crippen MR) is 124 cm³/mol. The van der Waals surface area contributed by atoms with Gasteiger partial charge in [-0.1, -0.05) is 24.3 Å². The third-order valence-electron chi connectivity index (χ3n) is 5.76. The Morgan fingerprint density at radius 1 is 1.06 bits per heavy atom. The first kappa shape index (κ1) is 21.9. The van der Waals surface area contributed by atoms with Gasteiger partial charge in [-0.15, -0.1) is 0 Å². The Kier molecular flexibility index (Phi) is 6.78. The molecular weight excluding hydrogens is 408 g/mol. The van der Waals surface area contributed by atoms with Crippen LogP contribution in [0.5, 0.6) is 11.5 Å². The van der Waals surface area contributed by atoms with Gasteiger partial charge in [-0.2, -0.15) is 0 Å². The molecule has 7 heteroatoms. The van der Waals surface area contributed by atoms with E-state index in [4.69, 9.17) is 4.74 Å². The maximum Gasteiger partial charge on any atom is 0.253 e. The van der Waals surface area contributed by atoms with Crippen molar-refractivity contribution in [3.05, 3.63) is 60.2 Å². The van der Waals surface area contributed by atoms with Crippen molar-refractivity contribution in [1.82, 2.24) is 0 Å². The van der Waals surface area contributed by atoms with Crippen LogP contribution in [0.15, 0.2) is 54.6 Å². The monoisotopic (exact) mass is 436 g/mol. The number of aromatic hydroxyl groups is 2. The fourth-order valence-electron chi connectivity index (χ4n) is 4.00. The summed E-state index contributed by atoms with van der Waals surface area (Å²) in [7, 11) is 0. The number of aliphatic hydroxyl groups is 1. The summed E-state index contributed by atoms with van der Waals surface area (Å²) in [5.41, 5.74) is 2.38. The molecule has 4 rings (SSSR count). The highest BCUT2D eigenvalue weighted by atomic mass is 16.5. The van der Waals surface area contributed by atoms with Crippen LogP contribution < -0.4 is 10.2 Å². The van der Waals surface area contributed by atoms with E-state index < -0.39 is 6.10 Å². The SMILES string of the molecule is O=C1COCCN1c1ccc(NCC(O)CCCc2cc(O)c3ccccc3c2O)cc1. The van der Waals surface area contributed by atoms with Crippen molar-refractivity contribution in [1.29, 1.82) is 0 Å². The highest BCUT2D eigenvalue weighted by Gasteiger charge is 2.20. The quantitative estimate of drug-likeness (QED) is 0.404. The van der Waals surface area contributed by atoms with Crippen LogP contribution in [0.3, 0.4) is 0 Å². The minimum atomic E-state index is -0.549. The van der Waals surface area contributed by atoms with E-state index in [1.54, 1.807) is 23.1 Å². The Morgan fingerprint density at radius 3 is 2.56 bits per heavy atom. The standard InChI is InChI=1S/C25H28N2O5/c28-20(5-3-4-17-14-23(29)21-6-1-2-7-22(21)25(17)31)15-26-18-8-10-19(11-9-18)27-12-13-32-16-24(27)30/h1-2,6-11,14,20,26,28-29,31H,3-5,12-13,15-16H2. The number of carbonyl (C=O) groups is 1. The maximum absolute atomic E-state index is 11.9. The summed E-state index contributed by atoms with van der Waals surface area (Å²) < 4.78 is 5.16. The molecule has 1 unspecified atom stereocenters. The van der Waals surface area contributed by atoms with Crippen molar-refractivity contribution in [3.63, 3.8) is 0 Å². The van der Waals surface area contributed by atoms with E-state index in [0.717, 1.165) is 11.4 Å². The molecule has 1 amide bonds. The molecule has 4 N–H and O–H groups in total. The number of aryl methyl sites for hydroxylation is 1. The Morgan fingerprint density at radius 2 is 1.81 bits per heavy atom. The summed E-state index contributed by atoms with van der Waals surface area (Å²) >= 11 is 0. The lowest BCUT2D eigenvalue weighted by molar-refractivity contribution is -0.125. The van der Waals surface area contributed by atoms with Crippen molar-refractivity contribution in [2.45, 2.75) is 25.4 Å². The summed E-state index contributed by atoms with van der Waals surface area (Å²) in [5.74, 6) is 0.292. The van der Waals surface area contributed by atoms with E-state index in [-0.39, 0.29) is 24.0 Å². The zero-order chi connectivity index (χ0) is 22.5. The first-order valence-electron chi connectivity index (χ1n) is 10.9. The molecule has 1 saturated heterocycles. The molecule has 3 aromatic carbocycles. The number of benzene rings is 3. The molecule has 0 bridgehead atoms. The molecule has 1 heterocycles. The minimum absolute atomic E-state index is 0.0434. The second-order valence-electron chi connectivity index (χ2n) is 8.02. The first-order valence-corrected chi connectivity index (χ1v) is 10.9. The second-order valence-corrected chi connectivity index (χ2v) is 8.02. The molecule has 32 heavy (non-hydrogen) atoms. The van der Waals surface area contributed by atoms with Gasteiger partial charge in [-0.3, -0.25) is 4.79 Å². The average molecular weight is 437 g/mol. The fourth-order valence-corrected chi connectivity index (χ4v) is 4.00. The molecular formula is C25H28N2O5. The first-order chi connectivity index (χ1) is 15.5.